The molecule has 0 unspecified atom stereocenters. The van der Waals surface area contributed by atoms with E-state index in [1.165, 1.54) is 30.4 Å². The van der Waals surface area contributed by atoms with E-state index in [1.807, 2.05) is 0 Å². The van der Waals surface area contributed by atoms with Crippen molar-refractivity contribution < 1.29 is 0 Å². The third-order valence-electron chi connectivity index (χ3n) is 2.87. The minimum Gasteiger partial charge on any atom is -0.530 e. The van der Waals surface area contributed by atoms with Crippen molar-refractivity contribution in [2.45, 2.75) is 0 Å². The molecular formula is C16H12P-. The summed E-state index contributed by atoms with van der Waals surface area (Å²) in [6.07, 6.45) is 0. The summed E-state index contributed by atoms with van der Waals surface area (Å²) in [5.41, 5.74) is 5.29. The van der Waals surface area contributed by atoms with E-state index in [2.05, 4.69) is 72.3 Å². The van der Waals surface area contributed by atoms with Crippen LogP contribution in [0.1, 0.15) is 0 Å². The van der Waals surface area contributed by atoms with Crippen LogP contribution >= 0.6 is 8.19 Å². The fraction of sp³-hybridized carbons (Fsp3) is 0. The van der Waals surface area contributed by atoms with E-state index in [-0.39, 0.29) is 0 Å². The highest BCUT2D eigenvalue weighted by Crippen LogP contribution is 2.36. The molecule has 0 fully saturated rings. The maximum absolute atomic E-state index is 2.28. The van der Waals surface area contributed by atoms with Crippen LogP contribution in [0.5, 0.6) is 0 Å². The van der Waals surface area contributed by atoms with Gasteiger partial charge in [-0.1, -0.05) is 60.7 Å². The minimum atomic E-state index is 1.28. The number of rotatable bonds is 2. The topological polar surface area (TPSA) is 0 Å². The van der Waals surface area contributed by atoms with Crippen LogP contribution in [-0.2, 0) is 0 Å². The molecule has 3 rings (SSSR count). The first kappa shape index (κ1) is 10.4. The molecule has 1 heterocycles. The molecule has 0 radical (unpaired) electrons. The molecule has 0 N–H and O–H groups in total. The molecule has 0 saturated heterocycles. The van der Waals surface area contributed by atoms with E-state index >= 15 is 0 Å². The second-order valence-corrected chi connectivity index (χ2v) is 4.78. The van der Waals surface area contributed by atoms with Gasteiger partial charge in [0.05, 0.1) is 0 Å². The Hall–Kier alpha value is -1.78. The molecule has 0 aliphatic heterocycles. The number of hydrogen-bond donors (Lipinski definition) is 0. The summed E-state index contributed by atoms with van der Waals surface area (Å²) in [5.74, 6) is 4.55. The molecule has 0 bridgehead atoms. The predicted octanol–water partition coefficient (Wildman–Crippen LogP) is 5.32. The second kappa shape index (κ2) is 4.61. The van der Waals surface area contributed by atoms with Crippen LogP contribution in [0.2, 0.25) is 0 Å². The smallest absolute Gasteiger partial charge is 0.0205 e. The quantitative estimate of drug-likeness (QED) is 0.564. The molecule has 1 heteroatoms. The Labute approximate surface area is 103 Å². The van der Waals surface area contributed by atoms with Gasteiger partial charge in [-0.3, -0.25) is 0 Å². The number of benzene rings is 2. The fourth-order valence-electron chi connectivity index (χ4n) is 2.02. The molecule has 17 heavy (non-hydrogen) atoms. The lowest BCUT2D eigenvalue weighted by Crippen LogP contribution is -1.78. The summed E-state index contributed by atoms with van der Waals surface area (Å²) in [6.45, 7) is 0. The standard InChI is InChI=1S/C16H12P/c1-3-7-13(8-4-1)15-11-17-12-16(15)14-9-5-2-6-10-14/h1-12H/q-1. The van der Waals surface area contributed by atoms with E-state index < -0.39 is 0 Å². The Morgan fingerprint density at radius 1 is 0.529 bits per heavy atom. The third kappa shape index (κ3) is 2.05. The lowest BCUT2D eigenvalue weighted by molar-refractivity contribution is 1.64. The average Bonchev–Trinajstić information content (AvgIpc) is 2.90. The Balaban J connectivity index is 2.13. The van der Waals surface area contributed by atoms with Crippen LogP contribution in [-0.4, -0.2) is 0 Å². The minimum absolute atomic E-state index is 1.28. The van der Waals surface area contributed by atoms with Gasteiger partial charge in [0.15, 0.2) is 0 Å². The summed E-state index contributed by atoms with van der Waals surface area (Å²) < 4.78 is 0. The van der Waals surface area contributed by atoms with Gasteiger partial charge in [0.1, 0.15) is 0 Å². The van der Waals surface area contributed by atoms with E-state index in [4.69, 9.17) is 0 Å². The van der Waals surface area contributed by atoms with Crippen LogP contribution < -0.4 is 0 Å². The zero-order valence-corrected chi connectivity index (χ0v) is 10.3. The SMILES string of the molecule is c1ccc(-c2c[p-]cc2-c2ccccc2)cc1. The normalized spacial score (nSPS) is 10.4. The second-order valence-electron chi connectivity index (χ2n) is 3.97. The van der Waals surface area contributed by atoms with Gasteiger partial charge in [-0.05, 0) is 22.3 Å². The van der Waals surface area contributed by atoms with E-state index in [0.29, 0.717) is 0 Å². The molecule has 1 aromatic heterocycles. The van der Waals surface area contributed by atoms with Crippen molar-refractivity contribution in [1.82, 2.24) is 0 Å². The predicted molar refractivity (Wildman–Crippen MR) is 75.4 cm³/mol. The first-order valence-electron chi connectivity index (χ1n) is 5.67. The van der Waals surface area contributed by atoms with Crippen molar-refractivity contribution >= 4 is 8.19 Å². The van der Waals surface area contributed by atoms with Crippen molar-refractivity contribution in [2.24, 2.45) is 0 Å². The van der Waals surface area contributed by atoms with Crippen molar-refractivity contribution in [3.63, 3.8) is 0 Å². The number of hydrogen-bond acceptors (Lipinski definition) is 0. The molecular weight excluding hydrogens is 223 g/mol. The molecule has 0 spiro atoms. The highest BCUT2D eigenvalue weighted by atomic mass is 31.0. The first-order chi connectivity index (χ1) is 8.45. The molecule has 0 saturated carbocycles. The zero-order valence-electron chi connectivity index (χ0n) is 9.38. The van der Waals surface area contributed by atoms with Crippen molar-refractivity contribution in [2.75, 3.05) is 0 Å². The average molecular weight is 235 g/mol. The van der Waals surface area contributed by atoms with Gasteiger partial charge >= 0.3 is 0 Å². The summed E-state index contributed by atoms with van der Waals surface area (Å²) in [5, 5.41) is 0. The molecule has 82 valence electrons. The summed E-state index contributed by atoms with van der Waals surface area (Å²) in [6, 6.07) is 21.2. The van der Waals surface area contributed by atoms with Gasteiger partial charge in [0.25, 0.3) is 0 Å². The maximum Gasteiger partial charge on any atom is -0.0205 e. The molecule has 3 aromatic rings. The molecule has 0 atom stereocenters. The third-order valence-corrected chi connectivity index (χ3v) is 3.68. The molecule has 0 aliphatic carbocycles. The van der Waals surface area contributed by atoms with Gasteiger partial charge in [-0.25, -0.2) is 11.6 Å². The van der Waals surface area contributed by atoms with Crippen molar-refractivity contribution in [3.05, 3.63) is 72.3 Å². The van der Waals surface area contributed by atoms with Crippen LogP contribution in [0.15, 0.2) is 72.3 Å². The van der Waals surface area contributed by atoms with E-state index in [1.54, 1.807) is 0 Å². The molecule has 0 nitrogen and oxygen atoms in total. The van der Waals surface area contributed by atoms with E-state index in [9.17, 15) is 0 Å². The fourth-order valence-corrected chi connectivity index (χ4v) is 2.97. The Morgan fingerprint density at radius 2 is 0.941 bits per heavy atom. The zero-order chi connectivity index (χ0) is 11.5. The van der Waals surface area contributed by atoms with Gasteiger partial charge in [0.2, 0.25) is 0 Å². The molecule has 0 aliphatic rings. The Morgan fingerprint density at radius 3 is 1.35 bits per heavy atom. The Bertz CT molecular complexity index is 540. The summed E-state index contributed by atoms with van der Waals surface area (Å²) in [7, 11) is 1.28. The van der Waals surface area contributed by atoms with Crippen LogP contribution in [0.4, 0.5) is 0 Å². The maximum atomic E-state index is 2.28. The van der Waals surface area contributed by atoms with Crippen molar-refractivity contribution in [3.8, 4) is 22.3 Å². The molecule has 0 amide bonds. The molecule has 2 aromatic carbocycles. The van der Waals surface area contributed by atoms with Crippen LogP contribution in [0.25, 0.3) is 22.3 Å². The van der Waals surface area contributed by atoms with Gasteiger partial charge in [-0.2, -0.15) is 0 Å². The van der Waals surface area contributed by atoms with Crippen LogP contribution in [0, 0.1) is 0 Å². The largest absolute Gasteiger partial charge is 0.530 e. The lowest BCUT2D eigenvalue weighted by atomic mass is 9.99. The van der Waals surface area contributed by atoms with Gasteiger partial charge in [-0.15, -0.1) is 0 Å². The lowest BCUT2D eigenvalue weighted by Gasteiger charge is -2.07. The monoisotopic (exact) mass is 235 g/mol. The van der Waals surface area contributed by atoms with Gasteiger partial charge < -0.3 is 8.19 Å². The summed E-state index contributed by atoms with van der Waals surface area (Å²) in [4.78, 5) is 0. The van der Waals surface area contributed by atoms with Gasteiger partial charge in [0, 0.05) is 0 Å². The highest BCUT2D eigenvalue weighted by molar-refractivity contribution is 7.29. The Kier molecular flexibility index (Phi) is 2.81. The van der Waals surface area contributed by atoms with Crippen molar-refractivity contribution in [1.29, 1.82) is 0 Å². The summed E-state index contributed by atoms with van der Waals surface area (Å²) >= 11 is 0. The van der Waals surface area contributed by atoms with E-state index in [0.717, 1.165) is 0 Å². The first-order valence-corrected chi connectivity index (χ1v) is 6.70. The van der Waals surface area contributed by atoms with Crippen LogP contribution in [0.3, 0.4) is 0 Å². The highest BCUT2D eigenvalue weighted by Gasteiger charge is 2.02.